The van der Waals surface area contributed by atoms with Crippen LogP contribution in [0.5, 0.6) is 11.5 Å². The second-order valence-electron chi connectivity index (χ2n) is 4.36. The average Bonchev–Trinajstić information content (AvgIpc) is 3.00. The first-order chi connectivity index (χ1) is 10.1. The predicted octanol–water partition coefficient (Wildman–Crippen LogP) is 3.38. The topological polar surface area (TPSA) is 86.8 Å². The lowest BCUT2D eigenvalue weighted by Crippen LogP contribution is -2.08. The van der Waals surface area contributed by atoms with Crippen molar-refractivity contribution in [3.8, 4) is 11.5 Å². The summed E-state index contributed by atoms with van der Waals surface area (Å²) >= 11 is 0. The average molecular weight is 292 g/mol. The number of methoxy groups -OCH3 is 2. The van der Waals surface area contributed by atoms with Crippen LogP contribution in [0.15, 0.2) is 34.9 Å². The molecule has 1 aromatic heterocycles. The number of hydrogen-bond acceptors (Lipinski definition) is 6. The molecule has 0 amide bonds. The van der Waals surface area contributed by atoms with Crippen molar-refractivity contribution in [3.63, 3.8) is 0 Å². The van der Waals surface area contributed by atoms with Gasteiger partial charge in [-0.05, 0) is 19.1 Å². The van der Waals surface area contributed by atoms with Gasteiger partial charge in [0.2, 0.25) is 0 Å². The number of nitrogens with zero attached hydrogens (tertiary/aromatic N) is 1. The molecular weight excluding hydrogens is 276 g/mol. The Morgan fingerprint density at radius 3 is 2.48 bits per heavy atom. The van der Waals surface area contributed by atoms with E-state index in [1.807, 2.05) is 6.92 Å². The molecule has 0 saturated heterocycles. The summed E-state index contributed by atoms with van der Waals surface area (Å²) in [6.07, 6.45) is 1.55. The maximum absolute atomic E-state index is 11.2. The van der Waals surface area contributed by atoms with Crippen LogP contribution >= 0.6 is 0 Å². The first kappa shape index (κ1) is 14.7. The van der Waals surface area contributed by atoms with E-state index in [9.17, 15) is 10.1 Å². The second-order valence-corrected chi connectivity index (χ2v) is 4.36. The van der Waals surface area contributed by atoms with Gasteiger partial charge in [0, 0.05) is 6.07 Å². The third kappa shape index (κ3) is 3.07. The summed E-state index contributed by atoms with van der Waals surface area (Å²) in [5, 5.41) is 14.3. The third-order valence-electron chi connectivity index (χ3n) is 3.04. The van der Waals surface area contributed by atoms with E-state index in [1.165, 1.54) is 26.4 Å². The van der Waals surface area contributed by atoms with Crippen molar-refractivity contribution in [1.82, 2.24) is 0 Å². The van der Waals surface area contributed by atoms with Crippen LogP contribution in [0, 0.1) is 10.1 Å². The number of nitrogens with one attached hydrogen (secondary N) is 1. The highest BCUT2D eigenvalue weighted by Gasteiger charge is 2.21. The zero-order valence-electron chi connectivity index (χ0n) is 12.0. The fourth-order valence-electron chi connectivity index (χ4n) is 1.98. The fourth-order valence-corrected chi connectivity index (χ4v) is 1.98. The molecular formula is C14H16N2O5. The second kappa shape index (κ2) is 6.17. The van der Waals surface area contributed by atoms with E-state index in [-0.39, 0.29) is 11.7 Å². The van der Waals surface area contributed by atoms with Crippen LogP contribution in [0.2, 0.25) is 0 Å². The molecule has 0 fully saturated rings. The monoisotopic (exact) mass is 292 g/mol. The van der Waals surface area contributed by atoms with E-state index in [0.717, 1.165) is 0 Å². The van der Waals surface area contributed by atoms with Crippen molar-refractivity contribution >= 4 is 11.4 Å². The number of nitro groups is 1. The van der Waals surface area contributed by atoms with Gasteiger partial charge in [-0.1, -0.05) is 0 Å². The molecule has 1 heterocycles. The largest absolute Gasteiger partial charge is 0.493 e. The Balaban J connectivity index is 2.39. The molecule has 21 heavy (non-hydrogen) atoms. The minimum Gasteiger partial charge on any atom is -0.493 e. The molecule has 7 heteroatoms. The van der Waals surface area contributed by atoms with Crippen molar-refractivity contribution in [1.29, 1.82) is 0 Å². The number of benzene rings is 1. The number of rotatable bonds is 6. The number of furan rings is 1. The molecule has 0 aliphatic rings. The molecule has 7 nitrogen and oxygen atoms in total. The van der Waals surface area contributed by atoms with Crippen LogP contribution < -0.4 is 14.8 Å². The van der Waals surface area contributed by atoms with Gasteiger partial charge in [-0.2, -0.15) is 0 Å². The zero-order valence-corrected chi connectivity index (χ0v) is 12.0. The number of nitro benzene ring substituents is 1. The van der Waals surface area contributed by atoms with Crippen LogP contribution in [0.4, 0.5) is 11.4 Å². The Bertz CT molecular complexity index is 625. The highest BCUT2D eigenvalue weighted by molar-refractivity contribution is 5.68. The molecule has 0 bridgehead atoms. The SMILES string of the molecule is COc1cc(NC(C)c2ccco2)c([N+](=O)[O-])cc1OC. The Hall–Kier alpha value is -2.70. The van der Waals surface area contributed by atoms with E-state index in [4.69, 9.17) is 13.9 Å². The molecule has 2 rings (SSSR count). The van der Waals surface area contributed by atoms with Crippen molar-refractivity contribution in [2.45, 2.75) is 13.0 Å². The maximum Gasteiger partial charge on any atom is 0.296 e. The molecule has 1 atom stereocenters. The standard InChI is InChI=1S/C14H16N2O5/c1-9(12-5-4-6-21-12)15-10-7-13(19-2)14(20-3)8-11(10)16(17)18/h4-9,15H,1-3H3. The number of hydrogen-bond donors (Lipinski definition) is 1. The summed E-state index contributed by atoms with van der Waals surface area (Å²) in [4.78, 5) is 10.7. The molecule has 1 unspecified atom stereocenters. The quantitative estimate of drug-likeness (QED) is 0.648. The van der Waals surface area contributed by atoms with E-state index in [2.05, 4.69) is 5.32 Å². The van der Waals surface area contributed by atoms with Gasteiger partial charge < -0.3 is 19.2 Å². The minimum atomic E-state index is -0.473. The van der Waals surface area contributed by atoms with Gasteiger partial charge in [0.25, 0.3) is 5.69 Å². The van der Waals surface area contributed by atoms with Crippen molar-refractivity contribution in [3.05, 3.63) is 46.4 Å². The fraction of sp³-hybridized carbons (Fsp3) is 0.286. The molecule has 0 aliphatic carbocycles. The molecule has 1 N–H and O–H groups in total. The Morgan fingerprint density at radius 2 is 1.95 bits per heavy atom. The van der Waals surface area contributed by atoms with E-state index < -0.39 is 4.92 Å². The Morgan fingerprint density at radius 1 is 1.29 bits per heavy atom. The van der Waals surface area contributed by atoms with E-state index in [1.54, 1.807) is 18.4 Å². The molecule has 0 spiro atoms. The van der Waals surface area contributed by atoms with Crippen molar-refractivity contribution in [2.24, 2.45) is 0 Å². The summed E-state index contributed by atoms with van der Waals surface area (Å²) < 4.78 is 15.5. The van der Waals surface area contributed by atoms with Gasteiger partial charge >= 0.3 is 0 Å². The third-order valence-corrected chi connectivity index (χ3v) is 3.04. The molecule has 0 saturated carbocycles. The van der Waals surface area contributed by atoms with Gasteiger partial charge in [0.1, 0.15) is 11.4 Å². The maximum atomic E-state index is 11.2. The van der Waals surface area contributed by atoms with Crippen molar-refractivity contribution in [2.75, 3.05) is 19.5 Å². The number of anilines is 1. The minimum absolute atomic E-state index is 0.0916. The smallest absolute Gasteiger partial charge is 0.296 e. The number of ether oxygens (including phenoxy) is 2. The lowest BCUT2D eigenvalue weighted by molar-refractivity contribution is -0.384. The van der Waals surface area contributed by atoms with Crippen molar-refractivity contribution < 1.29 is 18.8 Å². The summed E-state index contributed by atoms with van der Waals surface area (Å²) in [6.45, 7) is 1.85. The van der Waals surface area contributed by atoms with Gasteiger partial charge in [-0.25, -0.2) is 0 Å². The van der Waals surface area contributed by atoms with Gasteiger partial charge in [-0.15, -0.1) is 0 Å². The van der Waals surface area contributed by atoms with Crippen LogP contribution in [0.3, 0.4) is 0 Å². The summed E-state index contributed by atoms with van der Waals surface area (Å²) in [7, 11) is 2.91. The predicted molar refractivity (Wildman–Crippen MR) is 76.9 cm³/mol. The summed E-state index contributed by atoms with van der Waals surface area (Å²) in [6, 6.07) is 6.20. The molecule has 0 radical (unpaired) electrons. The van der Waals surface area contributed by atoms with Crippen LogP contribution in [0.1, 0.15) is 18.7 Å². The first-order valence-corrected chi connectivity index (χ1v) is 6.27. The molecule has 0 aliphatic heterocycles. The van der Waals surface area contributed by atoms with E-state index >= 15 is 0 Å². The van der Waals surface area contributed by atoms with Crippen LogP contribution in [0.25, 0.3) is 0 Å². The highest BCUT2D eigenvalue weighted by atomic mass is 16.6. The van der Waals surface area contributed by atoms with E-state index in [0.29, 0.717) is 22.9 Å². The van der Waals surface area contributed by atoms with Gasteiger partial charge in [-0.3, -0.25) is 10.1 Å². The van der Waals surface area contributed by atoms with Crippen LogP contribution in [-0.2, 0) is 0 Å². The Labute approximate surface area is 121 Å². The lowest BCUT2D eigenvalue weighted by atomic mass is 10.2. The van der Waals surface area contributed by atoms with Crippen LogP contribution in [-0.4, -0.2) is 19.1 Å². The summed E-state index contributed by atoms with van der Waals surface area (Å²) in [5.41, 5.74) is 0.243. The summed E-state index contributed by atoms with van der Waals surface area (Å²) in [5.74, 6) is 1.40. The molecule has 1 aromatic carbocycles. The molecule has 2 aromatic rings. The molecule has 112 valence electrons. The zero-order chi connectivity index (χ0) is 15.4. The first-order valence-electron chi connectivity index (χ1n) is 6.27. The lowest BCUT2D eigenvalue weighted by Gasteiger charge is -2.15. The normalized spacial score (nSPS) is 11.8. The Kier molecular flexibility index (Phi) is 4.32. The highest BCUT2D eigenvalue weighted by Crippen LogP contribution is 2.38. The van der Waals surface area contributed by atoms with Gasteiger partial charge in [0.05, 0.1) is 37.5 Å². The van der Waals surface area contributed by atoms with Gasteiger partial charge in [0.15, 0.2) is 11.5 Å².